The fourth-order valence-corrected chi connectivity index (χ4v) is 1.73. The fraction of sp³-hybridized carbons (Fsp3) is 1.00. The lowest BCUT2D eigenvalue weighted by molar-refractivity contribution is -0.873. The molecule has 0 aromatic rings. The Balaban J connectivity index is 4.23. The lowest BCUT2D eigenvalue weighted by Crippen LogP contribution is -2.42. The van der Waals surface area contributed by atoms with E-state index >= 15 is 0 Å². The molecule has 1 atom stereocenters. The highest BCUT2D eigenvalue weighted by atomic mass is 31.2. The molecular weight excluding hydrogens is 207 g/mol. The number of nitrogens with zero attached hydrogens (tertiary/aromatic N) is 1. The number of rotatable bonds is 6. The summed E-state index contributed by atoms with van der Waals surface area (Å²) in [5, 5.41) is 0. The molecule has 4 N–H and O–H groups in total. The highest BCUT2D eigenvalue weighted by Crippen LogP contribution is 2.38. The van der Waals surface area contributed by atoms with Crippen molar-refractivity contribution < 1.29 is 23.4 Å². The average molecular weight is 227 g/mol. The first-order chi connectivity index (χ1) is 6.14. The monoisotopic (exact) mass is 227 g/mol. The molecule has 0 aliphatic carbocycles. The fourth-order valence-electron chi connectivity index (χ4n) is 1.17. The second-order valence-electron chi connectivity index (χ2n) is 4.27. The third-order valence-electron chi connectivity index (χ3n) is 1.53. The highest BCUT2D eigenvalue weighted by Gasteiger charge is 2.26. The number of nitrogens with two attached hydrogens (primary N) is 1. The quantitative estimate of drug-likeness (QED) is 0.421. The van der Waals surface area contributed by atoms with E-state index in [1.54, 1.807) is 0 Å². The Kier molecular flexibility index (Phi) is 5.22. The van der Waals surface area contributed by atoms with Gasteiger partial charge in [0.25, 0.3) is 0 Å². The summed E-state index contributed by atoms with van der Waals surface area (Å²) in [6.07, 6.45) is -0.0542. The maximum Gasteiger partial charge on any atom is 0.470 e. The van der Waals surface area contributed by atoms with Gasteiger partial charge in [-0.15, -0.1) is 0 Å². The van der Waals surface area contributed by atoms with E-state index in [9.17, 15) is 4.57 Å². The molecule has 0 saturated heterocycles. The van der Waals surface area contributed by atoms with Crippen LogP contribution in [0.5, 0.6) is 0 Å². The molecule has 6 nitrogen and oxygen atoms in total. The van der Waals surface area contributed by atoms with Crippen LogP contribution in [0.1, 0.15) is 6.42 Å². The number of likely N-dealkylation sites (N-methyl/N-ethyl adjacent to an activating group) is 1. The molecular formula is C7H20N2O4P+. The SMILES string of the molecule is C[N+](C)(C)CC(CCN)OP(=O)(O)O. The molecule has 0 fully saturated rings. The van der Waals surface area contributed by atoms with Gasteiger partial charge in [0.1, 0.15) is 12.6 Å². The van der Waals surface area contributed by atoms with Gasteiger partial charge in [0.2, 0.25) is 0 Å². The van der Waals surface area contributed by atoms with Gasteiger partial charge < -0.3 is 20.0 Å². The van der Waals surface area contributed by atoms with Crippen molar-refractivity contribution in [2.24, 2.45) is 5.73 Å². The number of phosphoric acid groups is 1. The normalized spacial score (nSPS) is 15.6. The van der Waals surface area contributed by atoms with E-state index in [2.05, 4.69) is 4.52 Å². The van der Waals surface area contributed by atoms with E-state index in [-0.39, 0.29) is 0 Å². The van der Waals surface area contributed by atoms with Crippen LogP contribution in [-0.2, 0) is 9.09 Å². The molecule has 14 heavy (non-hydrogen) atoms. The van der Waals surface area contributed by atoms with Gasteiger partial charge in [-0.2, -0.15) is 0 Å². The summed E-state index contributed by atoms with van der Waals surface area (Å²) in [7, 11) is 1.37. The predicted octanol–water partition coefficient (Wildman–Crippen LogP) is -0.481. The molecule has 0 saturated carbocycles. The Morgan fingerprint density at radius 1 is 1.43 bits per heavy atom. The van der Waals surface area contributed by atoms with Crippen molar-refractivity contribution in [2.45, 2.75) is 12.5 Å². The largest absolute Gasteiger partial charge is 0.470 e. The second-order valence-corrected chi connectivity index (χ2v) is 5.46. The lowest BCUT2D eigenvalue weighted by Gasteiger charge is -2.28. The Labute approximate surface area is 84.5 Å². The highest BCUT2D eigenvalue weighted by molar-refractivity contribution is 7.46. The molecule has 0 amide bonds. The minimum atomic E-state index is -4.40. The average Bonchev–Trinajstić information content (AvgIpc) is 1.78. The van der Waals surface area contributed by atoms with Crippen LogP contribution in [0.15, 0.2) is 0 Å². The van der Waals surface area contributed by atoms with Gasteiger partial charge in [0.05, 0.1) is 21.1 Å². The lowest BCUT2D eigenvalue weighted by atomic mass is 10.2. The topological polar surface area (TPSA) is 92.8 Å². The number of hydrogen-bond donors (Lipinski definition) is 3. The summed E-state index contributed by atoms with van der Waals surface area (Å²) >= 11 is 0. The van der Waals surface area contributed by atoms with Gasteiger partial charge in [-0.3, -0.25) is 4.52 Å². The van der Waals surface area contributed by atoms with Crippen LogP contribution in [0, 0.1) is 0 Å². The molecule has 1 unspecified atom stereocenters. The van der Waals surface area contributed by atoms with Crippen molar-refractivity contribution in [3.05, 3.63) is 0 Å². The molecule has 7 heteroatoms. The van der Waals surface area contributed by atoms with E-state index in [1.165, 1.54) is 0 Å². The smallest absolute Gasteiger partial charge is 0.330 e. The van der Waals surface area contributed by atoms with E-state index in [1.807, 2.05) is 21.1 Å². The van der Waals surface area contributed by atoms with Gasteiger partial charge >= 0.3 is 7.82 Å². The van der Waals surface area contributed by atoms with Gasteiger partial charge in [0.15, 0.2) is 0 Å². The maximum absolute atomic E-state index is 10.6. The zero-order valence-electron chi connectivity index (χ0n) is 8.88. The molecule has 0 aromatic carbocycles. The first kappa shape index (κ1) is 14.0. The summed E-state index contributed by atoms with van der Waals surface area (Å²) in [5.41, 5.74) is 5.33. The van der Waals surface area contributed by atoms with Crippen LogP contribution in [0.2, 0.25) is 0 Å². The van der Waals surface area contributed by atoms with E-state index < -0.39 is 13.9 Å². The van der Waals surface area contributed by atoms with Crippen molar-refractivity contribution in [3.8, 4) is 0 Å². The molecule has 0 aliphatic rings. The molecule has 0 rings (SSSR count). The summed E-state index contributed by atoms with van der Waals surface area (Å²) in [5.74, 6) is 0. The minimum absolute atomic E-state index is 0.352. The molecule has 0 aliphatic heterocycles. The van der Waals surface area contributed by atoms with Crippen molar-refractivity contribution in [1.29, 1.82) is 0 Å². The summed E-state index contributed by atoms with van der Waals surface area (Å²) < 4.78 is 15.8. The first-order valence-corrected chi connectivity index (χ1v) is 5.91. The minimum Gasteiger partial charge on any atom is -0.330 e. The summed E-state index contributed by atoms with van der Waals surface area (Å²) in [4.78, 5) is 17.3. The van der Waals surface area contributed by atoms with Crippen LogP contribution in [0.3, 0.4) is 0 Å². The van der Waals surface area contributed by atoms with Crippen LogP contribution < -0.4 is 5.73 Å². The molecule has 0 spiro atoms. The van der Waals surface area contributed by atoms with Crippen molar-refractivity contribution in [3.63, 3.8) is 0 Å². The van der Waals surface area contributed by atoms with Gasteiger partial charge in [0, 0.05) is 0 Å². The van der Waals surface area contributed by atoms with Crippen LogP contribution in [-0.4, -0.2) is 54.6 Å². The summed E-state index contributed by atoms with van der Waals surface area (Å²) in [6.45, 7) is 0.868. The molecule has 86 valence electrons. The maximum atomic E-state index is 10.6. The van der Waals surface area contributed by atoms with Crippen molar-refractivity contribution in [1.82, 2.24) is 0 Å². The zero-order chi connectivity index (χ0) is 11.4. The molecule has 0 bridgehead atoms. The van der Waals surface area contributed by atoms with Crippen LogP contribution in [0.25, 0.3) is 0 Å². The molecule has 0 radical (unpaired) electrons. The molecule has 0 heterocycles. The van der Waals surface area contributed by atoms with Crippen molar-refractivity contribution in [2.75, 3.05) is 34.2 Å². The number of quaternary nitrogens is 1. The third-order valence-corrected chi connectivity index (χ3v) is 2.10. The molecule has 0 aromatic heterocycles. The van der Waals surface area contributed by atoms with Gasteiger partial charge in [-0.1, -0.05) is 0 Å². The second kappa shape index (κ2) is 5.21. The predicted molar refractivity (Wildman–Crippen MR) is 53.5 cm³/mol. The first-order valence-electron chi connectivity index (χ1n) is 4.38. The summed E-state index contributed by atoms with van der Waals surface area (Å²) in [6, 6.07) is 0. The van der Waals surface area contributed by atoms with E-state index in [0.29, 0.717) is 24.0 Å². The van der Waals surface area contributed by atoms with Gasteiger partial charge in [-0.25, -0.2) is 4.57 Å². The Morgan fingerprint density at radius 3 is 2.21 bits per heavy atom. The van der Waals surface area contributed by atoms with Crippen molar-refractivity contribution >= 4 is 7.82 Å². The Morgan fingerprint density at radius 2 is 1.93 bits per heavy atom. The third kappa shape index (κ3) is 8.62. The zero-order valence-corrected chi connectivity index (χ0v) is 9.78. The number of hydrogen-bond acceptors (Lipinski definition) is 3. The Hall–Kier alpha value is 0.0300. The van der Waals surface area contributed by atoms with Gasteiger partial charge in [-0.05, 0) is 13.0 Å². The van der Waals surface area contributed by atoms with E-state index in [0.717, 1.165) is 0 Å². The van der Waals surface area contributed by atoms with Crippen LogP contribution in [0.4, 0.5) is 0 Å². The van der Waals surface area contributed by atoms with Crippen LogP contribution >= 0.6 is 7.82 Å². The number of phosphoric ester groups is 1. The van der Waals surface area contributed by atoms with E-state index in [4.69, 9.17) is 15.5 Å². The Bertz CT molecular complexity index is 210. The standard InChI is InChI=1S/C7H19N2O4P/c1-9(2,3)6-7(4-5-8)13-14(10,11)12/h7H,4-6,8H2,1-3H3,(H-,10,11,12)/p+1.